The van der Waals surface area contributed by atoms with Crippen LogP contribution in [0.25, 0.3) is 0 Å². The Balaban J connectivity index is 2.03. The number of likely N-dealkylation sites (N-methyl/N-ethyl adjacent to an activating group) is 1. The Morgan fingerprint density at radius 3 is 2.86 bits per heavy atom. The number of nitrogens with one attached hydrogen (secondary N) is 1. The summed E-state index contributed by atoms with van der Waals surface area (Å²) < 4.78 is 1.89. The van der Waals surface area contributed by atoms with E-state index in [0.29, 0.717) is 17.5 Å². The Kier molecular flexibility index (Phi) is 5.44. The minimum absolute atomic E-state index is 0.457. The van der Waals surface area contributed by atoms with Crippen molar-refractivity contribution in [2.45, 2.75) is 65.1 Å². The lowest BCUT2D eigenvalue weighted by Crippen LogP contribution is -2.53. The topological polar surface area (TPSA) is 33.1 Å². The molecule has 2 rings (SSSR count). The van der Waals surface area contributed by atoms with Crippen LogP contribution in [0.4, 0.5) is 0 Å². The molecule has 0 spiro atoms. The molecule has 0 radical (unpaired) electrons. The molecule has 1 aliphatic rings. The minimum atomic E-state index is 0.457. The van der Waals surface area contributed by atoms with Crippen LogP contribution < -0.4 is 5.32 Å². The molecule has 0 aromatic carbocycles. The maximum atomic E-state index is 4.29. The lowest BCUT2D eigenvalue weighted by molar-refractivity contribution is 0.0775. The second kappa shape index (κ2) is 6.93. The number of nitrogens with zero attached hydrogens (tertiary/aromatic N) is 3. The van der Waals surface area contributed by atoms with Crippen LogP contribution in [0.5, 0.6) is 0 Å². The van der Waals surface area contributed by atoms with Gasteiger partial charge < -0.3 is 5.32 Å². The molecule has 0 amide bonds. The fraction of sp³-hybridized carbons (Fsp3) is 0.824. The number of hydrogen-bond acceptors (Lipinski definition) is 3. The lowest BCUT2D eigenvalue weighted by Gasteiger charge is -2.45. The molecular formula is C17H32N4. The molecule has 1 fully saturated rings. The summed E-state index contributed by atoms with van der Waals surface area (Å²) in [7, 11) is 4.25. The van der Waals surface area contributed by atoms with E-state index in [0.717, 1.165) is 13.1 Å². The number of aromatic nitrogens is 2. The van der Waals surface area contributed by atoms with Crippen molar-refractivity contribution in [3.05, 3.63) is 18.0 Å². The van der Waals surface area contributed by atoms with Gasteiger partial charge in [-0.15, -0.1) is 0 Å². The first-order valence-electron chi connectivity index (χ1n) is 8.32. The van der Waals surface area contributed by atoms with Gasteiger partial charge in [-0.25, -0.2) is 0 Å². The molecule has 120 valence electrons. The molecule has 1 saturated carbocycles. The quantitative estimate of drug-likeness (QED) is 0.875. The summed E-state index contributed by atoms with van der Waals surface area (Å²) in [5, 5.41) is 8.05. The molecular weight excluding hydrogens is 260 g/mol. The summed E-state index contributed by atoms with van der Waals surface area (Å²) in [5.41, 5.74) is 1.76. The zero-order valence-electron chi connectivity index (χ0n) is 14.4. The van der Waals surface area contributed by atoms with Gasteiger partial charge in [0.25, 0.3) is 0 Å². The van der Waals surface area contributed by atoms with Gasteiger partial charge >= 0.3 is 0 Å². The average molecular weight is 292 g/mol. The molecule has 0 aliphatic heterocycles. The van der Waals surface area contributed by atoms with Crippen LogP contribution in [0, 0.1) is 5.41 Å². The van der Waals surface area contributed by atoms with E-state index < -0.39 is 0 Å². The van der Waals surface area contributed by atoms with Crippen LogP contribution in [-0.2, 0) is 13.6 Å². The second-order valence-corrected chi connectivity index (χ2v) is 7.47. The molecule has 4 heteroatoms. The summed E-state index contributed by atoms with van der Waals surface area (Å²) in [4.78, 5) is 2.52. The molecule has 2 atom stereocenters. The maximum Gasteiger partial charge on any atom is 0.0534 e. The average Bonchev–Trinajstić information content (AvgIpc) is 2.82. The van der Waals surface area contributed by atoms with E-state index in [1.807, 2.05) is 17.9 Å². The van der Waals surface area contributed by atoms with Gasteiger partial charge in [0.2, 0.25) is 0 Å². The third kappa shape index (κ3) is 4.55. The summed E-state index contributed by atoms with van der Waals surface area (Å²) in [6.07, 6.45) is 9.20. The van der Waals surface area contributed by atoms with Crippen LogP contribution in [0.15, 0.2) is 12.4 Å². The van der Waals surface area contributed by atoms with Crippen molar-refractivity contribution in [1.82, 2.24) is 20.0 Å². The minimum Gasteiger partial charge on any atom is -0.312 e. The highest BCUT2D eigenvalue weighted by molar-refractivity contribution is 5.04. The molecule has 4 nitrogen and oxygen atoms in total. The van der Waals surface area contributed by atoms with Crippen molar-refractivity contribution < 1.29 is 0 Å². The molecule has 2 unspecified atom stereocenters. The predicted molar refractivity (Wildman–Crippen MR) is 88.2 cm³/mol. The molecule has 1 N–H and O–H groups in total. The molecule has 1 aromatic heterocycles. The van der Waals surface area contributed by atoms with Crippen LogP contribution in [0.2, 0.25) is 0 Å². The van der Waals surface area contributed by atoms with Crippen LogP contribution in [0.3, 0.4) is 0 Å². The summed E-state index contributed by atoms with van der Waals surface area (Å²) >= 11 is 0. The normalized spacial score (nSPS) is 25.4. The number of aryl methyl sites for hydroxylation is 1. The van der Waals surface area contributed by atoms with Crippen LogP contribution >= 0.6 is 0 Å². The highest BCUT2D eigenvalue weighted by atomic mass is 15.2. The van der Waals surface area contributed by atoms with Gasteiger partial charge in [-0.05, 0) is 44.7 Å². The zero-order valence-corrected chi connectivity index (χ0v) is 14.4. The SMILES string of the molecule is CCCNC1CCC(C)(C)CC1N(C)Cc1cnn(C)c1. The molecule has 1 aromatic rings. The molecule has 0 saturated heterocycles. The Morgan fingerprint density at radius 1 is 1.48 bits per heavy atom. The first-order chi connectivity index (χ1) is 9.91. The summed E-state index contributed by atoms with van der Waals surface area (Å²) in [6.45, 7) is 9.18. The van der Waals surface area contributed by atoms with Crippen molar-refractivity contribution in [2.75, 3.05) is 13.6 Å². The van der Waals surface area contributed by atoms with E-state index in [2.05, 4.69) is 49.3 Å². The highest BCUT2D eigenvalue weighted by Crippen LogP contribution is 2.37. The van der Waals surface area contributed by atoms with Crippen molar-refractivity contribution in [1.29, 1.82) is 0 Å². The fourth-order valence-electron chi connectivity index (χ4n) is 3.54. The Morgan fingerprint density at radius 2 is 2.24 bits per heavy atom. The zero-order chi connectivity index (χ0) is 15.5. The van der Waals surface area contributed by atoms with Crippen molar-refractivity contribution in [3.8, 4) is 0 Å². The summed E-state index contributed by atoms with van der Waals surface area (Å²) in [6, 6.07) is 1.24. The lowest BCUT2D eigenvalue weighted by atomic mass is 9.72. The fourth-order valence-corrected chi connectivity index (χ4v) is 3.54. The van der Waals surface area contributed by atoms with E-state index in [4.69, 9.17) is 0 Å². The maximum absolute atomic E-state index is 4.29. The Labute approximate surface area is 129 Å². The Hall–Kier alpha value is -0.870. The second-order valence-electron chi connectivity index (χ2n) is 7.47. The van der Waals surface area contributed by atoms with Gasteiger partial charge in [0.1, 0.15) is 0 Å². The van der Waals surface area contributed by atoms with Crippen molar-refractivity contribution >= 4 is 0 Å². The molecule has 1 heterocycles. The van der Waals surface area contributed by atoms with E-state index in [1.165, 1.54) is 31.2 Å². The van der Waals surface area contributed by atoms with E-state index in [9.17, 15) is 0 Å². The van der Waals surface area contributed by atoms with Gasteiger partial charge in [-0.1, -0.05) is 20.8 Å². The molecule has 1 aliphatic carbocycles. The van der Waals surface area contributed by atoms with Crippen molar-refractivity contribution in [3.63, 3.8) is 0 Å². The van der Waals surface area contributed by atoms with Gasteiger partial charge in [0.05, 0.1) is 6.20 Å². The van der Waals surface area contributed by atoms with E-state index in [1.54, 1.807) is 0 Å². The van der Waals surface area contributed by atoms with Gasteiger partial charge in [-0.3, -0.25) is 9.58 Å². The third-order valence-electron chi connectivity index (χ3n) is 4.77. The predicted octanol–water partition coefficient (Wildman–Crippen LogP) is 2.80. The first kappa shape index (κ1) is 16.5. The number of rotatable bonds is 6. The van der Waals surface area contributed by atoms with E-state index >= 15 is 0 Å². The van der Waals surface area contributed by atoms with Crippen LogP contribution in [0.1, 0.15) is 52.0 Å². The third-order valence-corrected chi connectivity index (χ3v) is 4.77. The summed E-state index contributed by atoms with van der Waals surface area (Å²) in [5.74, 6) is 0. The molecule has 21 heavy (non-hydrogen) atoms. The van der Waals surface area contributed by atoms with Gasteiger partial charge in [0, 0.05) is 37.4 Å². The first-order valence-corrected chi connectivity index (χ1v) is 8.32. The standard InChI is InChI=1S/C17H32N4/c1-6-9-18-15-7-8-17(2,3)10-16(15)20(4)12-14-11-19-21(5)13-14/h11,13,15-16,18H,6-10,12H2,1-5H3. The smallest absolute Gasteiger partial charge is 0.0534 e. The van der Waals surface area contributed by atoms with E-state index in [-0.39, 0.29) is 0 Å². The van der Waals surface area contributed by atoms with Crippen LogP contribution in [-0.4, -0.2) is 40.4 Å². The van der Waals surface area contributed by atoms with Gasteiger partial charge in [-0.2, -0.15) is 5.10 Å². The number of hydrogen-bond donors (Lipinski definition) is 1. The monoisotopic (exact) mass is 292 g/mol. The molecule has 0 bridgehead atoms. The largest absolute Gasteiger partial charge is 0.312 e. The van der Waals surface area contributed by atoms with Gasteiger partial charge in [0.15, 0.2) is 0 Å². The van der Waals surface area contributed by atoms with Crippen molar-refractivity contribution in [2.24, 2.45) is 12.5 Å². The highest BCUT2D eigenvalue weighted by Gasteiger charge is 2.36. The Bertz CT molecular complexity index is 438.